The fourth-order valence-electron chi connectivity index (χ4n) is 3.69. The minimum atomic E-state index is -0.292. The molecule has 1 aromatic heterocycles. The zero-order chi connectivity index (χ0) is 22.7. The molecule has 2 heterocycles. The van der Waals surface area contributed by atoms with Crippen LogP contribution in [0, 0.1) is 0 Å². The van der Waals surface area contributed by atoms with E-state index in [9.17, 15) is 9.59 Å². The number of nitrogens with zero attached hydrogens (tertiary/aromatic N) is 1. The predicted octanol–water partition coefficient (Wildman–Crippen LogP) is 2.73. The maximum Gasteiger partial charge on any atom is 0.267 e. The number of methoxy groups -OCH3 is 2. The molecule has 0 bridgehead atoms. The summed E-state index contributed by atoms with van der Waals surface area (Å²) in [7, 11) is 4.94. The first kappa shape index (κ1) is 21.4. The van der Waals surface area contributed by atoms with E-state index in [0.29, 0.717) is 47.6 Å². The zero-order valence-corrected chi connectivity index (χ0v) is 18.2. The molecule has 0 atom stereocenters. The molecule has 2 amide bonds. The van der Waals surface area contributed by atoms with Gasteiger partial charge in [0.1, 0.15) is 30.4 Å². The number of fused-ring (bicyclic) bond motifs is 2. The van der Waals surface area contributed by atoms with Gasteiger partial charge >= 0.3 is 0 Å². The van der Waals surface area contributed by atoms with Crippen molar-refractivity contribution in [2.45, 2.75) is 6.42 Å². The minimum Gasteiger partial charge on any atom is -0.496 e. The second-order valence-corrected chi connectivity index (χ2v) is 7.23. The van der Waals surface area contributed by atoms with E-state index in [1.807, 2.05) is 0 Å². The standard InChI is InChI=1S/C23H25N3O6/c1-26-16(13-15-17(29-2)6-7-19(30-3)22(15)26)23(28)24-9-8-21(27)25-14-4-5-18-20(12-14)32-11-10-31-18/h4-7,12-13H,8-11H2,1-3H3,(H,24,28)(H,25,27). The number of rotatable bonds is 7. The molecule has 3 aromatic rings. The molecule has 0 aliphatic carbocycles. The fourth-order valence-corrected chi connectivity index (χ4v) is 3.69. The Morgan fingerprint density at radius 2 is 1.72 bits per heavy atom. The third-order valence-corrected chi connectivity index (χ3v) is 5.25. The van der Waals surface area contributed by atoms with Gasteiger partial charge in [-0.1, -0.05) is 0 Å². The summed E-state index contributed by atoms with van der Waals surface area (Å²) >= 11 is 0. The summed E-state index contributed by atoms with van der Waals surface area (Å²) in [5, 5.41) is 6.37. The SMILES string of the molecule is COc1ccc(OC)c2c1cc(C(=O)NCCC(=O)Nc1ccc3c(c1)OCCO3)n2C. The molecule has 1 aliphatic heterocycles. The van der Waals surface area contributed by atoms with Gasteiger partial charge in [-0.3, -0.25) is 9.59 Å². The van der Waals surface area contributed by atoms with Crippen LogP contribution >= 0.6 is 0 Å². The average molecular weight is 439 g/mol. The van der Waals surface area contributed by atoms with E-state index in [2.05, 4.69) is 10.6 Å². The molecule has 2 aromatic carbocycles. The molecule has 0 unspecified atom stereocenters. The van der Waals surface area contributed by atoms with Crippen molar-refractivity contribution in [3.8, 4) is 23.0 Å². The van der Waals surface area contributed by atoms with Crippen molar-refractivity contribution in [1.82, 2.24) is 9.88 Å². The van der Waals surface area contributed by atoms with Crippen LogP contribution in [-0.4, -0.2) is 50.4 Å². The van der Waals surface area contributed by atoms with E-state index in [-0.39, 0.29) is 24.8 Å². The van der Waals surface area contributed by atoms with Crippen LogP contribution in [0.15, 0.2) is 36.4 Å². The molecule has 0 fully saturated rings. The monoisotopic (exact) mass is 439 g/mol. The van der Waals surface area contributed by atoms with E-state index >= 15 is 0 Å². The second-order valence-electron chi connectivity index (χ2n) is 7.23. The lowest BCUT2D eigenvalue weighted by atomic mass is 10.2. The number of nitrogens with one attached hydrogen (secondary N) is 2. The molecule has 0 saturated heterocycles. The van der Waals surface area contributed by atoms with Gasteiger partial charge < -0.3 is 34.1 Å². The Labute approximate surface area is 185 Å². The van der Waals surface area contributed by atoms with Gasteiger partial charge in [-0.2, -0.15) is 0 Å². The summed E-state index contributed by atoms with van der Waals surface area (Å²) in [5.74, 6) is 2.03. The lowest BCUT2D eigenvalue weighted by Crippen LogP contribution is -2.29. The zero-order valence-electron chi connectivity index (χ0n) is 18.2. The Kier molecular flexibility index (Phi) is 6.07. The molecule has 9 heteroatoms. The maximum absolute atomic E-state index is 12.8. The van der Waals surface area contributed by atoms with Gasteiger partial charge in [-0.25, -0.2) is 0 Å². The summed E-state index contributed by atoms with van der Waals surface area (Å²) in [5.41, 5.74) is 1.81. The molecule has 4 rings (SSSR count). The van der Waals surface area contributed by atoms with Crippen LogP contribution in [0.25, 0.3) is 10.9 Å². The van der Waals surface area contributed by atoms with Gasteiger partial charge in [0.25, 0.3) is 5.91 Å². The summed E-state index contributed by atoms with van der Waals surface area (Å²) < 4.78 is 23.6. The van der Waals surface area contributed by atoms with Crippen LogP contribution in [0.4, 0.5) is 5.69 Å². The first-order valence-electron chi connectivity index (χ1n) is 10.2. The Bertz CT molecular complexity index is 1170. The number of hydrogen-bond acceptors (Lipinski definition) is 6. The van der Waals surface area contributed by atoms with Crippen LogP contribution in [0.1, 0.15) is 16.9 Å². The molecule has 9 nitrogen and oxygen atoms in total. The largest absolute Gasteiger partial charge is 0.496 e. The van der Waals surface area contributed by atoms with Crippen molar-refractivity contribution < 1.29 is 28.5 Å². The van der Waals surface area contributed by atoms with E-state index < -0.39 is 0 Å². The molecule has 32 heavy (non-hydrogen) atoms. The number of ether oxygens (including phenoxy) is 4. The lowest BCUT2D eigenvalue weighted by Gasteiger charge is -2.19. The molecular weight excluding hydrogens is 414 g/mol. The molecule has 168 valence electrons. The summed E-state index contributed by atoms with van der Waals surface area (Å²) in [6.45, 7) is 1.17. The number of benzene rings is 2. The topological polar surface area (TPSA) is 100 Å². The van der Waals surface area contributed by atoms with Crippen LogP contribution in [0.3, 0.4) is 0 Å². The average Bonchev–Trinajstić information content (AvgIpc) is 3.16. The normalized spacial score (nSPS) is 12.3. The third kappa shape index (κ3) is 4.14. The van der Waals surface area contributed by atoms with Crippen LogP contribution in [-0.2, 0) is 11.8 Å². The minimum absolute atomic E-state index is 0.122. The predicted molar refractivity (Wildman–Crippen MR) is 119 cm³/mol. The molecule has 0 saturated carbocycles. The Hall–Kier alpha value is -3.88. The van der Waals surface area contributed by atoms with Crippen LogP contribution in [0.2, 0.25) is 0 Å². The first-order chi connectivity index (χ1) is 15.5. The fraction of sp³-hybridized carbons (Fsp3) is 0.304. The smallest absolute Gasteiger partial charge is 0.267 e. The highest BCUT2D eigenvalue weighted by molar-refractivity contribution is 6.02. The number of aryl methyl sites for hydroxylation is 1. The lowest BCUT2D eigenvalue weighted by molar-refractivity contribution is -0.116. The van der Waals surface area contributed by atoms with E-state index in [1.54, 1.807) is 62.2 Å². The van der Waals surface area contributed by atoms with E-state index in [1.165, 1.54) is 0 Å². The number of aromatic nitrogens is 1. The Balaban J connectivity index is 1.38. The molecular formula is C23H25N3O6. The molecule has 2 N–H and O–H groups in total. The van der Waals surface area contributed by atoms with E-state index in [0.717, 1.165) is 10.9 Å². The summed E-state index contributed by atoms with van der Waals surface area (Å²) in [4.78, 5) is 25.1. The molecule has 0 radical (unpaired) electrons. The van der Waals surface area contributed by atoms with Crippen molar-refractivity contribution >= 4 is 28.4 Å². The van der Waals surface area contributed by atoms with Crippen molar-refractivity contribution in [2.75, 3.05) is 39.3 Å². The highest BCUT2D eigenvalue weighted by Crippen LogP contribution is 2.35. The van der Waals surface area contributed by atoms with Gasteiger partial charge in [0.05, 0.1) is 19.7 Å². The van der Waals surface area contributed by atoms with Crippen molar-refractivity contribution in [3.63, 3.8) is 0 Å². The number of anilines is 1. The first-order valence-corrected chi connectivity index (χ1v) is 10.2. The summed E-state index contributed by atoms with van der Waals surface area (Å²) in [6, 6.07) is 10.6. The van der Waals surface area contributed by atoms with Gasteiger partial charge in [0, 0.05) is 37.2 Å². The number of carbonyl (C=O) groups excluding carboxylic acids is 2. The Morgan fingerprint density at radius 3 is 2.47 bits per heavy atom. The number of carbonyl (C=O) groups is 2. The summed E-state index contributed by atoms with van der Waals surface area (Å²) in [6.07, 6.45) is 0.122. The van der Waals surface area contributed by atoms with Gasteiger partial charge in [-0.05, 0) is 30.3 Å². The molecule has 1 aliphatic rings. The quantitative estimate of drug-likeness (QED) is 0.587. The second kappa shape index (κ2) is 9.09. The number of amides is 2. The van der Waals surface area contributed by atoms with Crippen molar-refractivity contribution in [3.05, 3.63) is 42.1 Å². The van der Waals surface area contributed by atoms with Gasteiger partial charge in [0.15, 0.2) is 11.5 Å². The Morgan fingerprint density at radius 1 is 1.00 bits per heavy atom. The molecule has 0 spiro atoms. The highest BCUT2D eigenvalue weighted by Gasteiger charge is 2.19. The maximum atomic E-state index is 12.8. The third-order valence-electron chi connectivity index (χ3n) is 5.25. The van der Waals surface area contributed by atoms with Crippen molar-refractivity contribution in [2.24, 2.45) is 7.05 Å². The van der Waals surface area contributed by atoms with E-state index in [4.69, 9.17) is 18.9 Å². The number of hydrogen-bond donors (Lipinski definition) is 2. The van der Waals surface area contributed by atoms with Gasteiger partial charge in [0.2, 0.25) is 5.91 Å². The van der Waals surface area contributed by atoms with Crippen LogP contribution < -0.4 is 29.6 Å². The van der Waals surface area contributed by atoms with Crippen LogP contribution in [0.5, 0.6) is 23.0 Å². The van der Waals surface area contributed by atoms with Crippen molar-refractivity contribution in [1.29, 1.82) is 0 Å². The van der Waals surface area contributed by atoms with Gasteiger partial charge in [-0.15, -0.1) is 0 Å². The highest BCUT2D eigenvalue weighted by atomic mass is 16.6.